The molecule has 0 aliphatic carbocycles. The summed E-state index contributed by atoms with van der Waals surface area (Å²) in [6.45, 7) is -0.756. The summed E-state index contributed by atoms with van der Waals surface area (Å²) in [4.78, 5) is 23.2. The maximum Gasteiger partial charge on any atom is 0.323 e. The average Bonchev–Trinajstić information content (AvgIpc) is 2.32. The maximum absolute atomic E-state index is 13.0. The minimum absolute atomic E-state index is 0.0408. The van der Waals surface area contributed by atoms with Gasteiger partial charge in [0.1, 0.15) is 12.4 Å². The van der Waals surface area contributed by atoms with Crippen molar-refractivity contribution >= 4 is 29.3 Å². The highest BCUT2D eigenvalue weighted by Crippen LogP contribution is 2.22. The van der Waals surface area contributed by atoms with Crippen LogP contribution in [0.25, 0.3) is 0 Å². The molecular formula is C12H10ClFN2O3. The predicted octanol–water partition coefficient (Wildman–Crippen LogP) is 2.03. The number of hydrogen-bond acceptors (Lipinski definition) is 2. The lowest BCUT2D eigenvalue weighted by Gasteiger charge is -2.19. The van der Waals surface area contributed by atoms with E-state index in [2.05, 4.69) is 11.2 Å². The molecule has 0 unspecified atom stereocenters. The fourth-order valence-electron chi connectivity index (χ4n) is 1.26. The summed E-state index contributed by atoms with van der Waals surface area (Å²) in [6, 6.07) is 2.66. The molecule has 1 rings (SSSR count). The lowest BCUT2D eigenvalue weighted by atomic mass is 10.3. The summed E-state index contributed by atoms with van der Waals surface area (Å²) in [5.74, 6) is 0.366. The van der Waals surface area contributed by atoms with Gasteiger partial charge in [0.2, 0.25) is 0 Å². The molecule has 0 aliphatic heterocycles. The number of terminal acetylenes is 1. The number of benzene rings is 1. The summed E-state index contributed by atoms with van der Waals surface area (Å²) >= 11 is 5.77. The number of urea groups is 1. The molecule has 0 spiro atoms. The molecule has 0 saturated heterocycles. The van der Waals surface area contributed by atoms with Crippen molar-refractivity contribution in [2.45, 2.75) is 0 Å². The number of hydrogen-bond donors (Lipinski definition) is 2. The molecule has 0 radical (unpaired) electrons. The van der Waals surface area contributed by atoms with Gasteiger partial charge in [0.05, 0.1) is 17.3 Å². The topological polar surface area (TPSA) is 69.6 Å². The second-order valence-corrected chi connectivity index (χ2v) is 3.92. The fraction of sp³-hybridized carbons (Fsp3) is 0.167. The number of anilines is 1. The Bertz CT molecular complexity index is 542. The van der Waals surface area contributed by atoms with Crippen LogP contribution in [0.3, 0.4) is 0 Å². The van der Waals surface area contributed by atoms with Crippen molar-refractivity contribution in [2.75, 3.05) is 18.4 Å². The third-order valence-electron chi connectivity index (χ3n) is 2.07. The molecule has 1 aromatic rings. The van der Waals surface area contributed by atoms with Gasteiger partial charge in [-0.3, -0.25) is 4.79 Å². The number of aliphatic carboxylic acids is 1. The van der Waals surface area contributed by atoms with Gasteiger partial charge in [-0.15, -0.1) is 6.42 Å². The molecule has 0 saturated carbocycles. The highest BCUT2D eigenvalue weighted by molar-refractivity contribution is 6.33. The Morgan fingerprint density at radius 1 is 1.53 bits per heavy atom. The standard InChI is InChI=1S/C12H10ClFN2O3/c1-2-5-16(7-11(17)18)12(19)15-10-6-8(14)3-4-9(10)13/h1,3-4,6H,5,7H2,(H,15,19)(H,17,18). The molecule has 2 N–H and O–H groups in total. The Hall–Kier alpha value is -2.26. The Kier molecular flexibility index (Phi) is 5.15. The summed E-state index contributed by atoms with van der Waals surface area (Å²) in [5.41, 5.74) is 0.0408. The monoisotopic (exact) mass is 284 g/mol. The van der Waals surface area contributed by atoms with E-state index >= 15 is 0 Å². The number of rotatable bonds is 4. The Labute approximate surface area is 114 Å². The highest BCUT2D eigenvalue weighted by Gasteiger charge is 2.17. The zero-order valence-corrected chi connectivity index (χ0v) is 10.4. The van der Waals surface area contributed by atoms with Crippen molar-refractivity contribution in [1.29, 1.82) is 0 Å². The molecule has 0 aliphatic rings. The van der Waals surface area contributed by atoms with Gasteiger partial charge in [-0.2, -0.15) is 0 Å². The number of carbonyl (C=O) groups is 2. The first-order valence-corrected chi connectivity index (χ1v) is 5.48. The van der Waals surface area contributed by atoms with Gasteiger partial charge < -0.3 is 15.3 Å². The predicted molar refractivity (Wildman–Crippen MR) is 68.5 cm³/mol. The average molecular weight is 285 g/mol. The smallest absolute Gasteiger partial charge is 0.323 e. The van der Waals surface area contributed by atoms with E-state index in [1.165, 1.54) is 6.07 Å². The van der Waals surface area contributed by atoms with Crippen molar-refractivity contribution in [3.63, 3.8) is 0 Å². The molecular weight excluding hydrogens is 275 g/mol. The largest absolute Gasteiger partial charge is 0.480 e. The third-order valence-corrected chi connectivity index (χ3v) is 2.40. The van der Waals surface area contributed by atoms with Gasteiger partial charge >= 0.3 is 12.0 Å². The van der Waals surface area contributed by atoms with Gasteiger partial charge in [-0.1, -0.05) is 17.5 Å². The first-order chi connectivity index (χ1) is 8.93. The molecule has 2 amide bonds. The highest BCUT2D eigenvalue weighted by atomic mass is 35.5. The van der Waals surface area contributed by atoms with Crippen LogP contribution in [0.4, 0.5) is 14.9 Å². The fourth-order valence-corrected chi connectivity index (χ4v) is 1.43. The summed E-state index contributed by atoms with van der Waals surface area (Å²) < 4.78 is 13.0. The van der Waals surface area contributed by atoms with E-state index in [0.717, 1.165) is 17.0 Å². The van der Waals surface area contributed by atoms with E-state index in [-0.39, 0.29) is 17.3 Å². The van der Waals surface area contributed by atoms with E-state index in [1.807, 2.05) is 0 Å². The van der Waals surface area contributed by atoms with E-state index in [4.69, 9.17) is 23.1 Å². The Balaban J connectivity index is 2.84. The van der Waals surface area contributed by atoms with Crippen LogP contribution in [0.2, 0.25) is 5.02 Å². The van der Waals surface area contributed by atoms with Crippen LogP contribution in [0.5, 0.6) is 0 Å². The number of carboxylic acid groups (broad SMARTS) is 1. The lowest BCUT2D eigenvalue weighted by Crippen LogP contribution is -2.39. The molecule has 5 nitrogen and oxygen atoms in total. The second kappa shape index (κ2) is 6.61. The van der Waals surface area contributed by atoms with E-state index in [0.29, 0.717) is 0 Å². The molecule has 0 atom stereocenters. The van der Waals surface area contributed by atoms with Crippen molar-refractivity contribution < 1.29 is 19.1 Å². The zero-order valence-electron chi connectivity index (χ0n) is 9.69. The lowest BCUT2D eigenvalue weighted by molar-refractivity contribution is -0.137. The molecule has 0 aromatic heterocycles. The molecule has 100 valence electrons. The molecule has 0 fully saturated rings. The Morgan fingerprint density at radius 3 is 2.79 bits per heavy atom. The van der Waals surface area contributed by atoms with Crippen LogP contribution in [0, 0.1) is 18.2 Å². The number of nitrogens with zero attached hydrogens (tertiary/aromatic N) is 1. The summed E-state index contributed by atoms with van der Waals surface area (Å²) in [5, 5.41) is 11.1. The number of carboxylic acids is 1. The molecule has 19 heavy (non-hydrogen) atoms. The number of halogens is 2. The number of carbonyl (C=O) groups excluding carboxylic acids is 1. The first kappa shape index (κ1) is 14.8. The van der Waals surface area contributed by atoms with E-state index < -0.39 is 24.4 Å². The van der Waals surface area contributed by atoms with Gasteiger partial charge in [0.15, 0.2) is 0 Å². The minimum atomic E-state index is -1.21. The van der Waals surface area contributed by atoms with Gasteiger partial charge in [0, 0.05) is 0 Å². The summed E-state index contributed by atoms with van der Waals surface area (Å²) in [6.07, 6.45) is 5.04. The Morgan fingerprint density at radius 2 is 2.21 bits per heavy atom. The van der Waals surface area contributed by atoms with E-state index in [9.17, 15) is 14.0 Å². The van der Waals surface area contributed by atoms with Crippen LogP contribution >= 0.6 is 11.6 Å². The van der Waals surface area contributed by atoms with Crippen molar-refractivity contribution in [2.24, 2.45) is 0 Å². The third kappa shape index (κ3) is 4.48. The van der Waals surface area contributed by atoms with Crippen molar-refractivity contribution in [3.05, 3.63) is 29.0 Å². The van der Waals surface area contributed by atoms with Gasteiger partial charge in [0.25, 0.3) is 0 Å². The van der Waals surface area contributed by atoms with Crippen LogP contribution < -0.4 is 5.32 Å². The molecule has 0 heterocycles. The normalized spacial score (nSPS) is 9.53. The van der Waals surface area contributed by atoms with Crippen molar-refractivity contribution in [3.8, 4) is 12.3 Å². The quantitative estimate of drug-likeness (QED) is 0.831. The number of amides is 2. The maximum atomic E-state index is 13.0. The molecule has 1 aromatic carbocycles. The second-order valence-electron chi connectivity index (χ2n) is 3.51. The minimum Gasteiger partial charge on any atom is -0.480 e. The SMILES string of the molecule is C#CCN(CC(=O)O)C(=O)Nc1cc(F)ccc1Cl. The van der Waals surface area contributed by atoms with Gasteiger partial charge in [-0.25, -0.2) is 9.18 Å². The molecule has 0 bridgehead atoms. The first-order valence-electron chi connectivity index (χ1n) is 5.10. The van der Waals surface area contributed by atoms with Crippen LogP contribution in [0.15, 0.2) is 18.2 Å². The van der Waals surface area contributed by atoms with Crippen molar-refractivity contribution in [1.82, 2.24) is 4.90 Å². The number of nitrogens with one attached hydrogen (secondary N) is 1. The molecule has 7 heteroatoms. The van der Waals surface area contributed by atoms with E-state index in [1.54, 1.807) is 0 Å². The van der Waals surface area contributed by atoms with Crippen LogP contribution in [-0.4, -0.2) is 35.1 Å². The zero-order chi connectivity index (χ0) is 14.4. The van der Waals surface area contributed by atoms with Gasteiger partial charge in [-0.05, 0) is 18.2 Å². The van der Waals surface area contributed by atoms with Crippen LogP contribution in [0.1, 0.15) is 0 Å². The summed E-state index contributed by atoms with van der Waals surface area (Å²) in [7, 11) is 0. The van der Waals surface area contributed by atoms with Crippen LogP contribution in [-0.2, 0) is 4.79 Å².